The number of carbonyl (C=O) groups is 4. The first-order chi connectivity index (χ1) is 42.2. The summed E-state index contributed by atoms with van der Waals surface area (Å²) in [6.45, 7) is 4.92. The monoisotopic (exact) mass is 1280 g/mol. The maximum atomic E-state index is 13.0. The molecule has 17 nitrogen and oxygen atoms in total. The van der Waals surface area contributed by atoms with Crippen LogP contribution in [0.4, 0.5) is 0 Å². The van der Waals surface area contributed by atoms with Crippen molar-refractivity contribution in [1.29, 1.82) is 0 Å². The molecule has 0 fully saturated rings. The molecule has 87 heavy (non-hydrogen) atoms. The SMILES string of the molecule is CCCCCCCCCCCCCCCCC(=O)O[C@H](COC(=O)CCCCCCCCCCCCCCC)COP(=O)(O)OC[C@@H](O)COP(=O)(O)OC[C@@H](COC(=O)CCCCCCCCCCCC)OC(=O)CCCCCCCCCCCC. The first-order valence-corrected chi connectivity index (χ1v) is 38.8. The van der Waals surface area contributed by atoms with Crippen molar-refractivity contribution < 1.29 is 80.2 Å². The average Bonchev–Trinajstić information content (AvgIpc) is 3.70. The van der Waals surface area contributed by atoms with Gasteiger partial charge in [-0.1, -0.05) is 304 Å². The third kappa shape index (κ3) is 62.6. The number of unbranched alkanes of at least 4 members (excludes halogenated alkanes) is 43. The van der Waals surface area contributed by atoms with Crippen molar-refractivity contribution in [2.24, 2.45) is 0 Å². The number of hydrogen-bond acceptors (Lipinski definition) is 15. The van der Waals surface area contributed by atoms with E-state index in [-0.39, 0.29) is 25.7 Å². The predicted molar refractivity (Wildman–Crippen MR) is 349 cm³/mol. The highest BCUT2D eigenvalue weighted by atomic mass is 31.2. The van der Waals surface area contributed by atoms with Crippen LogP contribution in [0.15, 0.2) is 0 Å². The van der Waals surface area contributed by atoms with Crippen molar-refractivity contribution in [2.75, 3.05) is 39.6 Å². The quantitative estimate of drug-likeness (QED) is 0.0222. The summed E-state index contributed by atoms with van der Waals surface area (Å²) in [5.41, 5.74) is 0. The maximum Gasteiger partial charge on any atom is 0.472 e. The largest absolute Gasteiger partial charge is 0.472 e. The zero-order valence-electron chi connectivity index (χ0n) is 56.0. The van der Waals surface area contributed by atoms with Gasteiger partial charge in [-0.3, -0.25) is 37.3 Å². The molecule has 0 aromatic rings. The number of aliphatic hydroxyl groups excluding tert-OH is 1. The third-order valence-corrected chi connectivity index (χ3v) is 17.8. The highest BCUT2D eigenvalue weighted by molar-refractivity contribution is 7.47. The molecule has 5 atom stereocenters. The number of phosphoric acid groups is 2. The van der Waals surface area contributed by atoms with E-state index in [0.717, 1.165) is 89.9 Å². The molecule has 19 heteroatoms. The van der Waals surface area contributed by atoms with E-state index in [0.29, 0.717) is 25.7 Å². The van der Waals surface area contributed by atoms with Crippen LogP contribution >= 0.6 is 15.6 Å². The first kappa shape index (κ1) is 85.1. The van der Waals surface area contributed by atoms with Gasteiger partial charge >= 0.3 is 39.5 Å². The molecule has 0 bridgehead atoms. The molecule has 0 amide bonds. The summed E-state index contributed by atoms with van der Waals surface area (Å²) in [7, 11) is -9.89. The molecule has 0 aromatic heterocycles. The summed E-state index contributed by atoms with van der Waals surface area (Å²) < 4.78 is 68.2. The Morgan fingerprint density at radius 1 is 0.276 bits per heavy atom. The van der Waals surface area contributed by atoms with Gasteiger partial charge in [0.2, 0.25) is 0 Å². The third-order valence-electron chi connectivity index (χ3n) is 15.9. The van der Waals surface area contributed by atoms with Crippen LogP contribution < -0.4 is 0 Å². The van der Waals surface area contributed by atoms with E-state index < -0.39 is 97.5 Å². The minimum absolute atomic E-state index is 0.107. The van der Waals surface area contributed by atoms with Crippen LogP contribution in [0.2, 0.25) is 0 Å². The molecule has 2 unspecified atom stereocenters. The predicted octanol–water partition coefficient (Wildman–Crippen LogP) is 19.5. The van der Waals surface area contributed by atoms with Gasteiger partial charge < -0.3 is 33.8 Å². The van der Waals surface area contributed by atoms with Crippen molar-refractivity contribution in [3.63, 3.8) is 0 Å². The van der Waals surface area contributed by atoms with E-state index in [1.165, 1.54) is 186 Å². The molecule has 0 saturated heterocycles. The molecular weight excluding hydrogens is 1150 g/mol. The van der Waals surface area contributed by atoms with Crippen molar-refractivity contribution in [2.45, 2.75) is 373 Å². The van der Waals surface area contributed by atoms with Crippen LogP contribution in [-0.4, -0.2) is 96.7 Å². The van der Waals surface area contributed by atoms with Gasteiger partial charge in [-0.2, -0.15) is 0 Å². The van der Waals surface area contributed by atoms with E-state index in [1.807, 2.05) is 0 Å². The second-order valence-electron chi connectivity index (χ2n) is 24.6. The highest BCUT2D eigenvalue weighted by Crippen LogP contribution is 2.45. The summed E-state index contributed by atoms with van der Waals surface area (Å²) in [6, 6.07) is 0. The minimum atomic E-state index is -4.95. The molecule has 516 valence electrons. The normalized spacial score (nSPS) is 14.1. The van der Waals surface area contributed by atoms with E-state index in [1.54, 1.807) is 0 Å². The number of ether oxygens (including phenoxy) is 4. The number of rotatable bonds is 69. The van der Waals surface area contributed by atoms with Gasteiger partial charge in [0.25, 0.3) is 0 Å². The van der Waals surface area contributed by atoms with E-state index in [2.05, 4.69) is 27.7 Å². The molecule has 0 aliphatic heterocycles. The van der Waals surface area contributed by atoms with Gasteiger partial charge in [-0.15, -0.1) is 0 Å². The van der Waals surface area contributed by atoms with E-state index >= 15 is 0 Å². The van der Waals surface area contributed by atoms with Gasteiger partial charge in [0, 0.05) is 25.7 Å². The molecule has 0 saturated carbocycles. The molecule has 0 heterocycles. The van der Waals surface area contributed by atoms with Crippen molar-refractivity contribution in [3.05, 3.63) is 0 Å². The Kier molecular flexibility index (Phi) is 61.4. The molecular formula is C68H132O17P2. The fourth-order valence-electron chi connectivity index (χ4n) is 10.3. The van der Waals surface area contributed by atoms with E-state index in [9.17, 15) is 43.2 Å². The lowest BCUT2D eigenvalue weighted by Gasteiger charge is -2.21. The van der Waals surface area contributed by atoms with Gasteiger partial charge in [0.1, 0.15) is 19.3 Å². The number of hydrogen-bond donors (Lipinski definition) is 3. The number of aliphatic hydroxyl groups is 1. The molecule has 0 aliphatic carbocycles. The van der Waals surface area contributed by atoms with Crippen LogP contribution in [0.1, 0.15) is 355 Å². The molecule has 0 rings (SSSR count). The zero-order chi connectivity index (χ0) is 64.0. The Bertz CT molecular complexity index is 1670. The molecule has 0 radical (unpaired) electrons. The molecule has 0 spiro atoms. The van der Waals surface area contributed by atoms with E-state index in [4.69, 9.17) is 37.0 Å². The van der Waals surface area contributed by atoms with Gasteiger partial charge in [0.05, 0.1) is 26.4 Å². The Morgan fingerprint density at radius 3 is 0.678 bits per heavy atom. The second kappa shape index (κ2) is 62.8. The van der Waals surface area contributed by atoms with Crippen LogP contribution in [0.25, 0.3) is 0 Å². The fourth-order valence-corrected chi connectivity index (χ4v) is 11.9. The van der Waals surface area contributed by atoms with Gasteiger partial charge in [-0.25, -0.2) is 9.13 Å². The van der Waals surface area contributed by atoms with Crippen molar-refractivity contribution in [3.8, 4) is 0 Å². The number of carbonyl (C=O) groups excluding carboxylic acids is 4. The summed E-state index contributed by atoms with van der Waals surface area (Å²) in [5.74, 6) is -2.12. The van der Waals surface area contributed by atoms with Crippen LogP contribution in [-0.2, 0) is 65.4 Å². The lowest BCUT2D eigenvalue weighted by Crippen LogP contribution is -2.30. The van der Waals surface area contributed by atoms with Crippen molar-refractivity contribution >= 4 is 39.5 Å². The molecule has 0 aromatic carbocycles. The fraction of sp³-hybridized carbons (Fsp3) is 0.941. The first-order valence-electron chi connectivity index (χ1n) is 35.8. The van der Waals surface area contributed by atoms with Gasteiger partial charge in [-0.05, 0) is 25.7 Å². The molecule has 3 N–H and O–H groups in total. The Morgan fingerprint density at radius 2 is 0.460 bits per heavy atom. The second-order valence-corrected chi connectivity index (χ2v) is 27.5. The Labute approximate surface area is 530 Å². The lowest BCUT2D eigenvalue weighted by molar-refractivity contribution is -0.161. The smallest absolute Gasteiger partial charge is 0.462 e. The minimum Gasteiger partial charge on any atom is -0.462 e. The summed E-state index contributed by atoms with van der Waals surface area (Å²) in [5, 5.41) is 10.6. The standard InChI is InChI=1S/C68H132O17P2/c1-5-9-13-17-21-25-29-31-33-35-39-43-47-51-55-68(73)85-64(59-79-66(71)53-49-45-41-38-34-32-30-26-22-18-14-10-6-2)61-83-87(76,77)81-57-62(69)56-80-86(74,75)82-60-63(84-67(72)54-50-46-42-37-28-24-20-16-12-8-4)58-78-65(70)52-48-44-40-36-27-23-19-15-11-7-3/h62-64,69H,5-61H2,1-4H3,(H,74,75)(H,76,77)/t62-,63+,64+/m0/s1. The van der Waals surface area contributed by atoms with Crippen LogP contribution in [0.5, 0.6) is 0 Å². The van der Waals surface area contributed by atoms with Crippen LogP contribution in [0.3, 0.4) is 0 Å². The molecule has 0 aliphatic rings. The van der Waals surface area contributed by atoms with Crippen LogP contribution in [0, 0.1) is 0 Å². The summed E-state index contributed by atoms with van der Waals surface area (Å²) in [6.07, 6.45) is 49.7. The average molecular weight is 1280 g/mol. The van der Waals surface area contributed by atoms with Crippen molar-refractivity contribution in [1.82, 2.24) is 0 Å². The number of phosphoric ester groups is 2. The maximum absolute atomic E-state index is 13.0. The number of esters is 4. The Hall–Kier alpha value is -1.94. The topological polar surface area (TPSA) is 237 Å². The van der Waals surface area contributed by atoms with Gasteiger partial charge in [0.15, 0.2) is 12.2 Å². The highest BCUT2D eigenvalue weighted by Gasteiger charge is 2.30. The summed E-state index contributed by atoms with van der Waals surface area (Å²) in [4.78, 5) is 72.4. The summed E-state index contributed by atoms with van der Waals surface area (Å²) >= 11 is 0. The zero-order valence-corrected chi connectivity index (χ0v) is 57.8. The lowest BCUT2D eigenvalue weighted by atomic mass is 10.0. The Balaban J connectivity index is 5.23.